The number of anilines is 1. The number of aliphatic hydroxyl groups is 2. The van der Waals surface area contributed by atoms with Gasteiger partial charge in [0.25, 0.3) is 11.1 Å². The number of nitrogen functional groups attached to an aromatic ring is 1. The van der Waals surface area contributed by atoms with Gasteiger partial charge in [-0.2, -0.15) is 4.98 Å². The second kappa shape index (κ2) is 11.2. The molecule has 0 aromatic carbocycles. The molecule has 7 atom stereocenters. The zero-order valence-corrected chi connectivity index (χ0v) is 23.0. The van der Waals surface area contributed by atoms with Gasteiger partial charge in [-0.05, 0) is 18.7 Å². The smallest absolute Gasteiger partial charge is 0.330 e. The van der Waals surface area contributed by atoms with Crippen LogP contribution in [-0.2, 0) is 34.9 Å². The van der Waals surface area contributed by atoms with E-state index in [1.54, 1.807) is 6.92 Å². The fourth-order valence-corrected chi connectivity index (χ4v) is 6.24. The number of rotatable bonds is 9. The molecule has 2 aliphatic rings. The van der Waals surface area contributed by atoms with E-state index >= 15 is 0 Å². The third-order valence-corrected chi connectivity index (χ3v) is 9.13. The molecule has 19 heteroatoms. The number of nitrogens with zero attached hydrogens (tertiary/aromatic N) is 4. The van der Waals surface area contributed by atoms with Gasteiger partial charge < -0.3 is 39.0 Å². The molecule has 5 rings (SSSR count). The standard InChI is InChI=1S/C21H28N7O10PS/c1-9-5-27(21(33)26-18(9)31)14-3-10(30)13(37-14)7-35-39(40,34-2)38-11-4-15(36-12(11)6-29)28-8-23-16-17(28)24-20(22)25-19(16)32/h5,8,10-15,29-30H,3-4,6-7H2,1-2H3,(H,26,31,33)(H3,22,24,25,32)/t10-,11-,12+,13+,14+,15+,39?/m0/s1. The average molecular weight is 602 g/mol. The summed E-state index contributed by atoms with van der Waals surface area (Å²) in [5.74, 6) is -0.0915. The Morgan fingerprint density at radius 3 is 2.62 bits per heavy atom. The second-order valence-corrected chi connectivity index (χ2v) is 12.4. The number of hydrogen-bond donors (Lipinski definition) is 5. The molecule has 2 fully saturated rings. The van der Waals surface area contributed by atoms with Crippen LogP contribution in [0.2, 0.25) is 0 Å². The highest BCUT2D eigenvalue weighted by atomic mass is 32.5. The third kappa shape index (κ3) is 5.54. The monoisotopic (exact) mass is 601 g/mol. The van der Waals surface area contributed by atoms with Crippen LogP contribution in [0.5, 0.6) is 0 Å². The summed E-state index contributed by atoms with van der Waals surface area (Å²) in [5, 5.41) is 20.5. The van der Waals surface area contributed by atoms with Gasteiger partial charge in [-0.25, -0.2) is 9.78 Å². The number of ether oxygens (including phenoxy) is 2. The Labute approximate surface area is 230 Å². The number of nitrogens with one attached hydrogen (secondary N) is 2. The maximum atomic E-state index is 12.2. The molecule has 0 radical (unpaired) electrons. The Kier molecular flexibility index (Phi) is 8.06. The molecule has 2 saturated heterocycles. The summed E-state index contributed by atoms with van der Waals surface area (Å²) in [6.07, 6.45) is -2.06. The van der Waals surface area contributed by atoms with E-state index in [1.807, 2.05) is 0 Å². The predicted octanol–water partition coefficient (Wildman–Crippen LogP) is -1.24. The maximum absolute atomic E-state index is 12.2. The molecule has 6 N–H and O–H groups in total. The second-order valence-electron chi connectivity index (χ2n) is 9.30. The fraction of sp³-hybridized carbons (Fsp3) is 0.571. The summed E-state index contributed by atoms with van der Waals surface area (Å²) in [4.78, 5) is 48.8. The summed E-state index contributed by atoms with van der Waals surface area (Å²) in [6.45, 7) is -2.53. The molecule has 0 bridgehead atoms. The lowest BCUT2D eigenvalue weighted by Gasteiger charge is -2.26. The Morgan fingerprint density at radius 1 is 1.18 bits per heavy atom. The first-order valence-electron chi connectivity index (χ1n) is 12.1. The summed E-state index contributed by atoms with van der Waals surface area (Å²) in [7, 11) is 1.31. The van der Waals surface area contributed by atoms with Crippen molar-refractivity contribution in [3.05, 3.63) is 49.3 Å². The van der Waals surface area contributed by atoms with Crippen LogP contribution in [0.4, 0.5) is 5.95 Å². The van der Waals surface area contributed by atoms with Crippen LogP contribution in [0.1, 0.15) is 30.9 Å². The van der Waals surface area contributed by atoms with Crippen molar-refractivity contribution < 1.29 is 33.3 Å². The lowest BCUT2D eigenvalue weighted by Crippen LogP contribution is -2.33. The van der Waals surface area contributed by atoms with Crippen molar-refractivity contribution in [1.82, 2.24) is 29.1 Å². The third-order valence-electron chi connectivity index (χ3n) is 6.67. The molecule has 5 heterocycles. The van der Waals surface area contributed by atoms with Crippen molar-refractivity contribution in [2.24, 2.45) is 0 Å². The fourth-order valence-electron chi connectivity index (χ4n) is 4.59. The Morgan fingerprint density at radius 2 is 1.90 bits per heavy atom. The summed E-state index contributed by atoms with van der Waals surface area (Å²) in [6, 6.07) is 0. The first-order valence-corrected chi connectivity index (χ1v) is 14.7. The molecule has 0 spiro atoms. The number of H-pyrrole nitrogens is 2. The van der Waals surface area contributed by atoms with Gasteiger partial charge in [0.1, 0.15) is 24.7 Å². The van der Waals surface area contributed by atoms with Crippen LogP contribution in [0.15, 0.2) is 26.9 Å². The zero-order chi connectivity index (χ0) is 28.8. The normalized spacial score (nSPS) is 28.3. The van der Waals surface area contributed by atoms with Crippen molar-refractivity contribution in [2.75, 3.05) is 26.1 Å². The van der Waals surface area contributed by atoms with Gasteiger partial charge in [0.15, 0.2) is 11.2 Å². The van der Waals surface area contributed by atoms with Crippen molar-refractivity contribution in [3.63, 3.8) is 0 Å². The topological polar surface area (TPSA) is 231 Å². The number of aromatic amines is 2. The van der Waals surface area contributed by atoms with Crippen molar-refractivity contribution in [1.29, 1.82) is 0 Å². The molecule has 3 aromatic heterocycles. The van der Waals surface area contributed by atoms with E-state index in [1.165, 1.54) is 28.8 Å². The minimum Gasteiger partial charge on any atom is -0.394 e. The SMILES string of the molecule is COP(=S)(OC[C@H]1O[C@@H](n2cc(C)c(=O)[nH]c2=O)C[C@@H]1O)O[C@H]1C[C@H](n2cnc3c(=O)[nH]c(N)nc32)O[C@@H]1CO. The number of aryl methyl sites for hydroxylation is 1. The molecule has 40 heavy (non-hydrogen) atoms. The minimum atomic E-state index is -3.44. The Bertz CT molecular complexity index is 1620. The molecular weight excluding hydrogens is 573 g/mol. The van der Waals surface area contributed by atoms with Crippen LogP contribution in [0.25, 0.3) is 11.2 Å². The van der Waals surface area contributed by atoms with Crippen molar-refractivity contribution in [2.45, 2.75) is 56.6 Å². The summed E-state index contributed by atoms with van der Waals surface area (Å²) < 4.78 is 31.6. The molecule has 3 aromatic rings. The van der Waals surface area contributed by atoms with E-state index in [2.05, 4.69) is 19.9 Å². The van der Waals surface area contributed by atoms with Gasteiger partial charge in [-0.1, -0.05) is 0 Å². The van der Waals surface area contributed by atoms with E-state index in [0.29, 0.717) is 5.56 Å². The molecule has 0 aliphatic carbocycles. The maximum Gasteiger partial charge on any atom is 0.330 e. The molecule has 218 valence electrons. The van der Waals surface area contributed by atoms with Crippen molar-refractivity contribution >= 4 is 35.6 Å². The van der Waals surface area contributed by atoms with Gasteiger partial charge in [-0.15, -0.1) is 0 Å². The lowest BCUT2D eigenvalue weighted by atomic mass is 10.2. The highest BCUT2D eigenvalue weighted by molar-refractivity contribution is 8.07. The van der Waals surface area contributed by atoms with Gasteiger partial charge in [0, 0.05) is 31.7 Å². The lowest BCUT2D eigenvalue weighted by molar-refractivity contribution is -0.0530. The first-order chi connectivity index (χ1) is 19.0. The molecule has 0 saturated carbocycles. The van der Waals surface area contributed by atoms with Crippen LogP contribution >= 0.6 is 6.72 Å². The van der Waals surface area contributed by atoms with Gasteiger partial charge >= 0.3 is 12.4 Å². The van der Waals surface area contributed by atoms with Crippen LogP contribution in [-0.4, -0.2) is 84.0 Å². The predicted molar refractivity (Wildman–Crippen MR) is 141 cm³/mol. The average Bonchev–Trinajstić information content (AvgIpc) is 3.61. The number of aromatic nitrogens is 6. The van der Waals surface area contributed by atoms with Gasteiger partial charge in [0.05, 0.1) is 31.7 Å². The van der Waals surface area contributed by atoms with Gasteiger partial charge in [0.2, 0.25) is 5.95 Å². The number of aliphatic hydroxyl groups excluding tert-OH is 2. The number of imidazole rings is 1. The largest absolute Gasteiger partial charge is 0.394 e. The first kappa shape index (κ1) is 28.7. The molecular formula is C21H28N7O10PS. The van der Waals surface area contributed by atoms with Crippen molar-refractivity contribution in [3.8, 4) is 0 Å². The van der Waals surface area contributed by atoms with Gasteiger partial charge in [-0.3, -0.25) is 28.7 Å². The molecule has 1 unspecified atom stereocenters. The zero-order valence-electron chi connectivity index (χ0n) is 21.3. The summed E-state index contributed by atoms with van der Waals surface area (Å²) >= 11 is 5.52. The Hall–Kier alpha value is -2.80. The molecule has 2 aliphatic heterocycles. The highest BCUT2D eigenvalue weighted by Gasteiger charge is 2.42. The van der Waals surface area contributed by atoms with E-state index in [4.69, 9.17) is 40.6 Å². The van der Waals surface area contributed by atoms with E-state index < -0.39 is 67.0 Å². The quantitative estimate of drug-likeness (QED) is 0.181. The van der Waals surface area contributed by atoms with Crippen LogP contribution < -0.4 is 22.5 Å². The van der Waals surface area contributed by atoms with E-state index in [9.17, 15) is 24.6 Å². The number of fused-ring (bicyclic) bond motifs is 1. The number of hydrogen-bond acceptors (Lipinski definition) is 14. The molecule has 0 amide bonds. The Balaban J connectivity index is 1.26. The van der Waals surface area contributed by atoms with Crippen LogP contribution in [0.3, 0.4) is 0 Å². The number of nitrogens with two attached hydrogens (primary N) is 1. The highest BCUT2D eigenvalue weighted by Crippen LogP contribution is 2.53. The van der Waals surface area contributed by atoms with Crippen LogP contribution in [0, 0.1) is 6.92 Å². The van der Waals surface area contributed by atoms with E-state index in [-0.39, 0.29) is 36.6 Å². The summed E-state index contributed by atoms with van der Waals surface area (Å²) in [5.41, 5.74) is 4.57. The van der Waals surface area contributed by atoms with E-state index in [0.717, 1.165) is 0 Å². The molecule has 17 nitrogen and oxygen atoms in total. The minimum absolute atomic E-state index is 0.0702.